The number of nitrogens with zero attached hydrogens (tertiary/aromatic N) is 2. The second kappa shape index (κ2) is 9.00. The van der Waals surface area contributed by atoms with Gasteiger partial charge in [-0.1, -0.05) is 6.08 Å². The van der Waals surface area contributed by atoms with Gasteiger partial charge in [0.05, 0.1) is 24.7 Å². The molecule has 4 atom stereocenters. The fraction of sp³-hybridized carbons (Fsp3) is 0.346. The number of alkyl halides is 3. The highest BCUT2D eigenvalue weighted by Gasteiger charge is 2.45. The molecule has 4 rings (SSSR count). The van der Waals surface area contributed by atoms with E-state index in [0.29, 0.717) is 35.5 Å². The lowest BCUT2D eigenvalue weighted by Crippen LogP contribution is -2.59. The maximum atomic E-state index is 13.7. The van der Waals surface area contributed by atoms with Crippen molar-refractivity contribution in [2.45, 2.75) is 37.7 Å². The minimum absolute atomic E-state index is 0.0180. The van der Waals surface area contributed by atoms with Crippen molar-refractivity contribution in [3.63, 3.8) is 0 Å². The predicted molar refractivity (Wildman–Crippen MR) is 121 cm³/mol. The quantitative estimate of drug-likeness (QED) is 0.281. The zero-order chi connectivity index (χ0) is 24.7. The summed E-state index contributed by atoms with van der Waals surface area (Å²) in [6, 6.07) is 8.68. The number of piperidine rings is 1. The van der Waals surface area contributed by atoms with Crippen LogP contribution in [0.5, 0.6) is 5.75 Å². The molecule has 180 valence electrons. The Morgan fingerprint density at radius 1 is 1.18 bits per heavy atom. The molecule has 3 aromatic rings. The second-order valence-electron chi connectivity index (χ2n) is 9.31. The topological polar surface area (TPSA) is 53.4 Å². The van der Waals surface area contributed by atoms with E-state index in [9.17, 15) is 27.8 Å². The largest absolute Gasteiger partial charge is 0.508 e. The number of likely N-dealkylation sites (tertiary alicyclic amines) is 1. The third-order valence-corrected chi connectivity index (χ3v) is 6.97. The van der Waals surface area contributed by atoms with E-state index in [1.807, 2.05) is 7.05 Å². The normalized spacial score (nSPS) is 24.2. The van der Waals surface area contributed by atoms with E-state index in [0.717, 1.165) is 12.5 Å². The molecule has 2 aromatic carbocycles. The van der Waals surface area contributed by atoms with Crippen LogP contribution in [0.15, 0.2) is 61.3 Å². The predicted octanol–water partition coefficient (Wildman–Crippen LogP) is 5.74. The van der Waals surface area contributed by atoms with Gasteiger partial charge in [-0.15, -0.1) is 6.58 Å². The van der Waals surface area contributed by atoms with Crippen LogP contribution in [-0.2, 0) is 12.7 Å². The van der Waals surface area contributed by atoms with Gasteiger partial charge in [0.2, 0.25) is 0 Å². The summed E-state index contributed by atoms with van der Waals surface area (Å²) in [6.45, 7) is 4.31. The molecule has 1 unspecified atom stereocenters. The molecule has 8 heteroatoms. The van der Waals surface area contributed by atoms with Crippen LogP contribution in [0.1, 0.15) is 35.6 Å². The average molecular weight is 476 g/mol. The smallest absolute Gasteiger partial charge is 0.416 e. The summed E-state index contributed by atoms with van der Waals surface area (Å²) in [6.07, 6.45) is -1.05. The Bertz CT molecular complexity index is 1210. The van der Waals surface area contributed by atoms with Crippen molar-refractivity contribution < 1.29 is 32.3 Å². The molecule has 0 spiro atoms. The summed E-state index contributed by atoms with van der Waals surface area (Å²) in [5.74, 6) is -0.842. The molecule has 1 fully saturated rings. The number of aliphatic hydroxyl groups excluding tert-OH is 1. The highest BCUT2D eigenvalue weighted by Crippen LogP contribution is 2.41. The van der Waals surface area contributed by atoms with Crippen molar-refractivity contribution in [1.82, 2.24) is 4.98 Å². The van der Waals surface area contributed by atoms with E-state index in [1.165, 1.54) is 18.2 Å². The second-order valence-corrected chi connectivity index (χ2v) is 9.31. The Labute approximate surface area is 195 Å². The number of rotatable bonds is 5. The first-order valence-electron chi connectivity index (χ1n) is 11.1. The minimum atomic E-state index is -4.70. The molecule has 0 radical (unpaired) electrons. The average Bonchev–Trinajstić information content (AvgIpc) is 2.78. The van der Waals surface area contributed by atoms with Crippen LogP contribution in [0.25, 0.3) is 10.9 Å². The van der Waals surface area contributed by atoms with Gasteiger partial charge in [-0.05, 0) is 54.4 Å². The van der Waals surface area contributed by atoms with Crippen molar-refractivity contribution in [3.8, 4) is 5.75 Å². The number of phenolic OH excluding ortho intramolecular Hbond substituents is 1. The Kier molecular flexibility index (Phi) is 6.40. The lowest BCUT2D eigenvalue weighted by atomic mass is 9.84. The molecule has 1 saturated heterocycles. The van der Waals surface area contributed by atoms with E-state index >= 15 is 0 Å². The van der Waals surface area contributed by atoms with Gasteiger partial charge in [-0.2, -0.15) is 13.2 Å². The van der Waals surface area contributed by atoms with Crippen molar-refractivity contribution in [2.75, 3.05) is 13.6 Å². The maximum Gasteiger partial charge on any atom is 0.416 e. The maximum absolute atomic E-state index is 13.7. The Morgan fingerprint density at radius 2 is 1.94 bits per heavy atom. The number of aromatic hydroxyl groups is 1. The van der Waals surface area contributed by atoms with Gasteiger partial charge in [0.25, 0.3) is 0 Å². The monoisotopic (exact) mass is 475 g/mol. The third-order valence-electron chi connectivity index (χ3n) is 6.97. The van der Waals surface area contributed by atoms with Crippen LogP contribution < -0.4 is 0 Å². The molecule has 0 amide bonds. The number of pyridine rings is 1. The van der Waals surface area contributed by atoms with Crippen LogP contribution >= 0.6 is 0 Å². The van der Waals surface area contributed by atoms with Crippen LogP contribution in [0.3, 0.4) is 0 Å². The molecular formula is C26H27F4N2O2+. The standard InChI is InChI=1S/C26H26F4N2O2/c1-3-16-4-9-24(25(34)20-10-11-31-23-8-7-19(33)13-21(20)23)32(2,14-16)15-17-5-6-18(27)12-22(17)26(28,29)30/h3,5-8,10-13,16,24-25,34H,1,4,9,14-15H2,2H3/p+1/t16-,24-,25-,32?/m1/s1. The van der Waals surface area contributed by atoms with E-state index in [-0.39, 0.29) is 28.3 Å². The van der Waals surface area contributed by atoms with Crippen molar-refractivity contribution in [2.24, 2.45) is 5.92 Å². The summed E-state index contributed by atoms with van der Waals surface area (Å²) in [4.78, 5) is 4.29. The summed E-state index contributed by atoms with van der Waals surface area (Å²) < 4.78 is 55.0. The molecule has 0 saturated carbocycles. The van der Waals surface area contributed by atoms with Crippen LogP contribution in [0, 0.1) is 11.7 Å². The molecule has 4 nitrogen and oxygen atoms in total. The van der Waals surface area contributed by atoms with Crippen molar-refractivity contribution in [1.29, 1.82) is 0 Å². The fourth-order valence-corrected chi connectivity index (χ4v) is 5.29. The Morgan fingerprint density at radius 3 is 2.65 bits per heavy atom. The zero-order valence-electron chi connectivity index (χ0n) is 18.8. The van der Waals surface area contributed by atoms with Crippen LogP contribution in [0.2, 0.25) is 0 Å². The van der Waals surface area contributed by atoms with Gasteiger partial charge in [0, 0.05) is 29.5 Å². The number of phenols is 1. The molecular weight excluding hydrogens is 448 g/mol. The van der Waals surface area contributed by atoms with Gasteiger partial charge in [0.1, 0.15) is 30.3 Å². The molecule has 1 aromatic heterocycles. The summed E-state index contributed by atoms with van der Waals surface area (Å²) in [5.41, 5.74) is 0.138. The minimum Gasteiger partial charge on any atom is -0.508 e. The van der Waals surface area contributed by atoms with Gasteiger partial charge in [0.15, 0.2) is 0 Å². The van der Waals surface area contributed by atoms with E-state index in [2.05, 4.69) is 11.6 Å². The lowest BCUT2D eigenvalue weighted by molar-refractivity contribution is -0.957. The summed E-state index contributed by atoms with van der Waals surface area (Å²) in [7, 11) is 1.83. The number of benzene rings is 2. The van der Waals surface area contributed by atoms with Crippen molar-refractivity contribution >= 4 is 10.9 Å². The molecule has 2 N–H and O–H groups in total. The highest BCUT2D eigenvalue weighted by molar-refractivity contribution is 5.83. The van der Waals surface area contributed by atoms with E-state index < -0.39 is 29.7 Å². The summed E-state index contributed by atoms with van der Waals surface area (Å²) >= 11 is 0. The SMILES string of the molecule is C=C[C@@H]1CC[C@H]([C@H](O)c2ccnc3ccc(O)cc23)[N+](C)(Cc2ccc(F)cc2C(F)(F)F)C1. The van der Waals surface area contributed by atoms with Gasteiger partial charge >= 0.3 is 6.18 Å². The number of likely N-dealkylation sites (N-methyl/N-ethyl adjacent to an activating group) is 1. The lowest BCUT2D eigenvalue weighted by Gasteiger charge is -2.49. The number of hydrogen-bond donors (Lipinski definition) is 2. The number of quaternary nitrogens is 1. The van der Waals surface area contributed by atoms with E-state index in [1.54, 1.807) is 24.4 Å². The van der Waals surface area contributed by atoms with Gasteiger partial charge < -0.3 is 14.7 Å². The number of hydrogen-bond acceptors (Lipinski definition) is 3. The third kappa shape index (κ3) is 4.65. The van der Waals surface area contributed by atoms with Crippen LogP contribution in [-0.4, -0.2) is 39.3 Å². The molecule has 0 aliphatic carbocycles. The number of fused-ring (bicyclic) bond motifs is 1. The molecule has 2 heterocycles. The number of aromatic nitrogens is 1. The Balaban J connectivity index is 1.77. The molecule has 34 heavy (non-hydrogen) atoms. The first kappa shape index (κ1) is 24.2. The summed E-state index contributed by atoms with van der Waals surface area (Å²) in [5, 5.41) is 22.1. The van der Waals surface area contributed by atoms with Crippen LogP contribution in [0.4, 0.5) is 17.6 Å². The molecule has 0 bridgehead atoms. The fourth-order valence-electron chi connectivity index (χ4n) is 5.29. The molecule has 1 aliphatic rings. The first-order chi connectivity index (χ1) is 16.0. The number of aliphatic hydroxyl groups is 1. The number of halogens is 4. The Hall–Kier alpha value is -2.97. The first-order valence-corrected chi connectivity index (χ1v) is 11.1. The van der Waals surface area contributed by atoms with E-state index in [4.69, 9.17) is 0 Å². The highest BCUT2D eigenvalue weighted by atomic mass is 19.4. The molecule has 1 aliphatic heterocycles. The zero-order valence-corrected chi connectivity index (χ0v) is 18.8. The van der Waals surface area contributed by atoms with Gasteiger partial charge in [-0.3, -0.25) is 4.98 Å². The van der Waals surface area contributed by atoms with Gasteiger partial charge in [-0.25, -0.2) is 4.39 Å². The van der Waals surface area contributed by atoms with Crippen molar-refractivity contribution in [3.05, 3.63) is 83.8 Å².